The number of hydrogen-bond acceptors (Lipinski definition) is 4. The summed E-state index contributed by atoms with van der Waals surface area (Å²) in [5.41, 5.74) is 1.15. The van der Waals surface area contributed by atoms with Crippen LogP contribution in [0.1, 0.15) is 59.9 Å². The van der Waals surface area contributed by atoms with E-state index in [1.807, 2.05) is 58.0 Å². The van der Waals surface area contributed by atoms with Crippen LogP contribution < -0.4 is 5.32 Å². The van der Waals surface area contributed by atoms with Gasteiger partial charge in [0.15, 0.2) is 5.17 Å². The number of amides is 1. The molecule has 2 rings (SSSR count). The lowest BCUT2D eigenvalue weighted by Gasteiger charge is -1.97. The van der Waals surface area contributed by atoms with Crippen LogP contribution >= 0.6 is 11.8 Å². The smallest absolute Gasteiger partial charge is 0.239 e. The zero-order chi connectivity index (χ0) is 18.8. The van der Waals surface area contributed by atoms with E-state index in [4.69, 9.17) is 5.11 Å². The van der Waals surface area contributed by atoms with Crippen molar-refractivity contribution in [1.82, 2.24) is 5.32 Å². The number of benzene rings is 1. The number of carbonyl (C=O) groups is 1. The standard InChI is InChI=1S/C11H12N2OS.C3H8O.C3H8.C2H6/c1-8-10(14)13-11(15-8)12-7-9-5-3-2-4-6-9;1-2-3-4;1-3-2;1-2/h2-6,8H,7H2,1H3,(H,12,13,14);4H,2-3H2,1H3;3H2,1-2H3;1-2H3. The summed E-state index contributed by atoms with van der Waals surface area (Å²) < 4.78 is 0. The average Bonchev–Trinajstić information content (AvgIpc) is 2.95. The molecule has 1 unspecified atom stereocenters. The van der Waals surface area contributed by atoms with Crippen LogP contribution in [0.15, 0.2) is 35.3 Å². The second-order valence-corrected chi connectivity index (χ2v) is 6.12. The molecule has 5 heteroatoms. The van der Waals surface area contributed by atoms with E-state index in [0.29, 0.717) is 13.2 Å². The molecular formula is C19H34N2O2S. The van der Waals surface area contributed by atoms with E-state index in [1.54, 1.807) is 0 Å². The van der Waals surface area contributed by atoms with Crippen molar-refractivity contribution in [2.24, 2.45) is 4.99 Å². The molecule has 2 N–H and O–H groups in total. The monoisotopic (exact) mass is 354 g/mol. The molecule has 1 aromatic carbocycles. The average molecular weight is 355 g/mol. The molecule has 1 amide bonds. The summed E-state index contributed by atoms with van der Waals surface area (Å²) in [6, 6.07) is 9.99. The Hall–Kier alpha value is -1.33. The quantitative estimate of drug-likeness (QED) is 0.832. The van der Waals surface area contributed by atoms with Crippen LogP contribution in [0.4, 0.5) is 0 Å². The minimum Gasteiger partial charge on any atom is -0.396 e. The second-order valence-electron chi connectivity index (χ2n) is 4.79. The van der Waals surface area contributed by atoms with Gasteiger partial charge in [-0.15, -0.1) is 0 Å². The van der Waals surface area contributed by atoms with Crippen molar-refractivity contribution in [3.63, 3.8) is 0 Å². The van der Waals surface area contributed by atoms with Gasteiger partial charge in [0.2, 0.25) is 5.91 Å². The molecule has 1 aliphatic heterocycles. The van der Waals surface area contributed by atoms with Crippen molar-refractivity contribution in [1.29, 1.82) is 0 Å². The van der Waals surface area contributed by atoms with Crippen LogP contribution in [0, 0.1) is 0 Å². The third-order valence-corrected chi connectivity index (χ3v) is 3.38. The Morgan fingerprint density at radius 2 is 1.67 bits per heavy atom. The number of thioether (sulfide) groups is 1. The van der Waals surface area contributed by atoms with E-state index in [-0.39, 0.29) is 11.2 Å². The highest BCUT2D eigenvalue weighted by Crippen LogP contribution is 2.18. The highest BCUT2D eigenvalue weighted by molar-refractivity contribution is 8.15. The van der Waals surface area contributed by atoms with Crippen LogP contribution in [0.5, 0.6) is 0 Å². The zero-order valence-corrected chi connectivity index (χ0v) is 16.8. The molecule has 1 saturated heterocycles. The van der Waals surface area contributed by atoms with Crippen molar-refractivity contribution in [2.45, 2.75) is 66.2 Å². The summed E-state index contributed by atoms with van der Waals surface area (Å²) >= 11 is 1.48. The maximum absolute atomic E-state index is 11.2. The summed E-state index contributed by atoms with van der Waals surface area (Å²) in [5, 5.41) is 11.3. The zero-order valence-electron chi connectivity index (χ0n) is 16.0. The van der Waals surface area contributed by atoms with Gasteiger partial charge in [0.25, 0.3) is 0 Å². The van der Waals surface area contributed by atoms with Gasteiger partial charge in [-0.05, 0) is 18.9 Å². The number of rotatable bonds is 3. The van der Waals surface area contributed by atoms with E-state index >= 15 is 0 Å². The Labute approximate surface area is 152 Å². The maximum atomic E-state index is 11.2. The molecule has 1 atom stereocenters. The topological polar surface area (TPSA) is 61.7 Å². The van der Waals surface area contributed by atoms with Crippen molar-refractivity contribution in [3.05, 3.63) is 35.9 Å². The molecule has 24 heavy (non-hydrogen) atoms. The number of amidine groups is 1. The number of nitrogens with zero attached hydrogens (tertiary/aromatic N) is 1. The summed E-state index contributed by atoms with van der Waals surface area (Å²) in [4.78, 5) is 15.5. The van der Waals surface area contributed by atoms with E-state index in [0.717, 1.165) is 17.2 Å². The van der Waals surface area contributed by atoms with E-state index in [1.165, 1.54) is 18.2 Å². The molecule has 1 aromatic rings. The molecule has 1 fully saturated rings. The summed E-state index contributed by atoms with van der Waals surface area (Å²) in [6.07, 6.45) is 2.12. The summed E-state index contributed by atoms with van der Waals surface area (Å²) in [7, 11) is 0. The molecule has 1 aliphatic rings. The number of aliphatic hydroxyl groups is 1. The predicted octanol–water partition coefficient (Wildman–Crippen LogP) is 4.63. The number of aliphatic imine (C=N–C) groups is 1. The Morgan fingerprint density at radius 1 is 1.17 bits per heavy atom. The lowest BCUT2D eigenvalue weighted by atomic mass is 10.2. The summed E-state index contributed by atoms with van der Waals surface area (Å²) in [6.45, 7) is 13.0. The number of nitrogens with one attached hydrogen (secondary N) is 1. The Kier molecular flexibility index (Phi) is 18.7. The van der Waals surface area contributed by atoms with Gasteiger partial charge < -0.3 is 10.4 Å². The Bertz CT molecular complexity index is 434. The molecule has 0 radical (unpaired) electrons. The number of hydrogen-bond donors (Lipinski definition) is 2. The van der Waals surface area contributed by atoms with Gasteiger partial charge in [-0.25, -0.2) is 0 Å². The van der Waals surface area contributed by atoms with Crippen molar-refractivity contribution in [2.75, 3.05) is 6.61 Å². The first-order valence-corrected chi connectivity index (χ1v) is 9.63. The van der Waals surface area contributed by atoms with Gasteiger partial charge in [-0.3, -0.25) is 9.79 Å². The molecule has 0 aliphatic carbocycles. The lowest BCUT2D eigenvalue weighted by Crippen LogP contribution is -2.23. The largest absolute Gasteiger partial charge is 0.396 e. The van der Waals surface area contributed by atoms with E-state index < -0.39 is 0 Å². The predicted molar refractivity (Wildman–Crippen MR) is 107 cm³/mol. The normalized spacial score (nSPS) is 16.7. The maximum Gasteiger partial charge on any atom is 0.239 e. The lowest BCUT2D eigenvalue weighted by molar-refractivity contribution is -0.118. The number of carbonyl (C=O) groups excluding carboxylic acids is 1. The van der Waals surface area contributed by atoms with Crippen molar-refractivity contribution < 1.29 is 9.90 Å². The van der Waals surface area contributed by atoms with Gasteiger partial charge in [0, 0.05) is 6.61 Å². The molecule has 0 saturated carbocycles. The Balaban J connectivity index is 0. The van der Waals surface area contributed by atoms with Crippen LogP contribution in [-0.4, -0.2) is 28.0 Å². The molecule has 0 bridgehead atoms. The van der Waals surface area contributed by atoms with Gasteiger partial charge in [-0.2, -0.15) is 0 Å². The van der Waals surface area contributed by atoms with Gasteiger partial charge >= 0.3 is 0 Å². The van der Waals surface area contributed by atoms with Gasteiger partial charge in [-0.1, -0.05) is 83.1 Å². The van der Waals surface area contributed by atoms with Crippen LogP contribution in [0.25, 0.3) is 0 Å². The minimum atomic E-state index is -0.0143. The summed E-state index contributed by atoms with van der Waals surface area (Å²) in [5.74, 6) is 0.0480. The van der Waals surface area contributed by atoms with Crippen LogP contribution in [0.3, 0.4) is 0 Å². The fraction of sp³-hybridized carbons (Fsp3) is 0.579. The van der Waals surface area contributed by atoms with Gasteiger partial charge in [0.1, 0.15) is 0 Å². The fourth-order valence-electron chi connectivity index (χ4n) is 1.28. The molecule has 0 aromatic heterocycles. The molecular weight excluding hydrogens is 320 g/mol. The van der Waals surface area contributed by atoms with E-state index in [9.17, 15) is 4.79 Å². The van der Waals surface area contributed by atoms with Crippen molar-refractivity contribution in [3.8, 4) is 0 Å². The first-order valence-electron chi connectivity index (χ1n) is 8.75. The highest BCUT2D eigenvalue weighted by Gasteiger charge is 2.25. The third-order valence-electron chi connectivity index (χ3n) is 2.36. The number of aliphatic hydroxyl groups excluding tert-OH is 1. The first-order chi connectivity index (χ1) is 11.6. The molecule has 138 valence electrons. The minimum absolute atomic E-state index is 0.0143. The van der Waals surface area contributed by atoms with Gasteiger partial charge in [0.05, 0.1) is 11.8 Å². The molecule has 1 heterocycles. The van der Waals surface area contributed by atoms with Crippen molar-refractivity contribution >= 4 is 22.8 Å². The molecule has 4 nitrogen and oxygen atoms in total. The Morgan fingerprint density at radius 3 is 2.04 bits per heavy atom. The second kappa shape index (κ2) is 18.0. The fourth-order valence-corrected chi connectivity index (χ4v) is 2.08. The van der Waals surface area contributed by atoms with Crippen LogP contribution in [0.2, 0.25) is 0 Å². The highest BCUT2D eigenvalue weighted by atomic mass is 32.2. The van der Waals surface area contributed by atoms with Crippen LogP contribution in [-0.2, 0) is 11.3 Å². The first kappa shape index (κ1) is 24.9. The molecule has 0 spiro atoms. The third kappa shape index (κ3) is 13.1. The SMILES string of the molecule is CC.CC1SC(=NCc2ccccc2)NC1=O.CCC.CCCO. The van der Waals surface area contributed by atoms with E-state index in [2.05, 4.69) is 24.2 Å².